The van der Waals surface area contributed by atoms with Gasteiger partial charge in [0.15, 0.2) is 0 Å². The molecule has 4 N–H and O–H groups in total. The minimum Gasteiger partial charge on any atom is -0.439 e. The molecule has 0 aliphatic heterocycles. The van der Waals surface area contributed by atoms with Gasteiger partial charge in [-0.05, 0) is 78.9 Å². The second kappa shape index (κ2) is 15.8. The van der Waals surface area contributed by atoms with Crippen LogP contribution in [0.25, 0.3) is 11.3 Å². The largest absolute Gasteiger partial charge is 0.439 e. The van der Waals surface area contributed by atoms with Gasteiger partial charge in [0.25, 0.3) is 5.72 Å². The molecule has 1 atom stereocenters. The fourth-order valence-corrected chi connectivity index (χ4v) is 6.10. The molecule has 0 aliphatic carbocycles. The number of aromatic nitrogens is 3. The SMILES string of the molecule is c1ccc(Nc2cccc(OC(Nc3ccccc3)(c3cccc(Nc4ccccc4)n3)c3ccc(Nc4ccccc4)c(-c4ccccc4)n3)n2)cc1. The number of para-hydroxylation sites is 4. The highest BCUT2D eigenvalue weighted by Crippen LogP contribution is 2.39. The first-order valence-corrected chi connectivity index (χ1v) is 17.7. The summed E-state index contributed by atoms with van der Waals surface area (Å²) < 4.78 is 7.18. The molecule has 0 bridgehead atoms. The molecule has 8 nitrogen and oxygen atoms in total. The van der Waals surface area contributed by atoms with Gasteiger partial charge in [0.05, 0.1) is 11.4 Å². The van der Waals surface area contributed by atoms with E-state index in [1.54, 1.807) is 0 Å². The fourth-order valence-electron chi connectivity index (χ4n) is 6.10. The number of nitrogens with one attached hydrogen (secondary N) is 4. The number of benzene rings is 5. The zero-order valence-corrected chi connectivity index (χ0v) is 29.3. The van der Waals surface area contributed by atoms with E-state index in [0.717, 1.165) is 39.7 Å². The van der Waals surface area contributed by atoms with Crippen molar-refractivity contribution in [2.75, 3.05) is 21.3 Å². The van der Waals surface area contributed by atoms with Gasteiger partial charge in [-0.3, -0.25) is 0 Å². The van der Waals surface area contributed by atoms with Gasteiger partial charge in [0, 0.05) is 34.4 Å². The van der Waals surface area contributed by atoms with Crippen molar-refractivity contribution in [2.24, 2.45) is 0 Å². The van der Waals surface area contributed by atoms with Gasteiger partial charge < -0.3 is 26.0 Å². The number of ether oxygens (including phenoxy) is 1. The molecular formula is C46H37N7O. The van der Waals surface area contributed by atoms with Crippen LogP contribution in [0.15, 0.2) is 200 Å². The molecule has 0 saturated carbocycles. The van der Waals surface area contributed by atoms with E-state index < -0.39 is 5.72 Å². The van der Waals surface area contributed by atoms with Crippen molar-refractivity contribution in [1.82, 2.24) is 15.0 Å². The molecule has 262 valence electrons. The maximum Gasteiger partial charge on any atom is 0.269 e. The highest BCUT2D eigenvalue weighted by Gasteiger charge is 2.42. The number of pyridine rings is 3. The second-order valence-electron chi connectivity index (χ2n) is 12.5. The molecule has 8 rings (SSSR count). The number of hydrogen-bond acceptors (Lipinski definition) is 8. The summed E-state index contributed by atoms with van der Waals surface area (Å²) in [6.45, 7) is 0. The summed E-state index contributed by atoms with van der Waals surface area (Å²) in [5.41, 5.74) is 5.72. The molecule has 0 spiro atoms. The van der Waals surface area contributed by atoms with Crippen molar-refractivity contribution in [3.8, 4) is 17.1 Å². The summed E-state index contributed by atoms with van der Waals surface area (Å²) >= 11 is 0. The Hall–Kier alpha value is -7.45. The highest BCUT2D eigenvalue weighted by atomic mass is 16.5. The van der Waals surface area contributed by atoms with E-state index in [4.69, 9.17) is 19.7 Å². The predicted octanol–water partition coefficient (Wildman–Crippen LogP) is 11.2. The minimum absolute atomic E-state index is 0.358. The normalized spacial score (nSPS) is 11.9. The third-order valence-electron chi connectivity index (χ3n) is 8.63. The van der Waals surface area contributed by atoms with Gasteiger partial charge in [-0.2, -0.15) is 4.98 Å². The number of anilines is 7. The minimum atomic E-state index is -1.48. The van der Waals surface area contributed by atoms with Gasteiger partial charge in [0.2, 0.25) is 5.88 Å². The van der Waals surface area contributed by atoms with Gasteiger partial charge >= 0.3 is 0 Å². The van der Waals surface area contributed by atoms with Gasteiger partial charge in [-0.1, -0.05) is 115 Å². The van der Waals surface area contributed by atoms with Gasteiger partial charge in [-0.15, -0.1) is 0 Å². The molecule has 54 heavy (non-hydrogen) atoms. The predicted molar refractivity (Wildman–Crippen MR) is 219 cm³/mol. The van der Waals surface area contributed by atoms with Crippen LogP contribution in [0.5, 0.6) is 5.88 Å². The van der Waals surface area contributed by atoms with Crippen molar-refractivity contribution >= 4 is 40.1 Å². The Bertz CT molecular complexity index is 2420. The van der Waals surface area contributed by atoms with Crippen LogP contribution in [0, 0.1) is 0 Å². The smallest absolute Gasteiger partial charge is 0.269 e. The lowest BCUT2D eigenvalue weighted by Crippen LogP contribution is -2.44. The lowest BCUT2D eigenvalue weighted by molar-refractivity contribution is 0.126. The first-order valence-electron chi connectivity index (χ1n) is 17.7. The van der Waals surface area contributed by atoms with Crippen LogP contribution in [-0.2, 0) is 5.72 Å². The number of rotatable bonds is 13. The van der Waals surface area contributed by atoms with Crippen LogP contribution in [0.2, 0.25) is 0 Å². The van der Waals surface area contributed by atoms with Crippen molar-refractivity contribution in [1.29, 1.82) is 0 Å². The summed E-state index contributed by atoms with van der Waals surface area (Å²) in [5, 5.41) is 14.2. The van der Waals surface area contributed by atoms with E-state index >= 15 is 0 Å². The second-order valence-corrected chi connectivity index (χ2v) is 12.5. The lowest BCUT2D eigenvalue weighted by Gasteiger charge is -2.35. The third-order valence-corrected chi connectivity index (χ3v) is 8.63. The molecule has 0 radical (unpaired) electrons. The molecule has 0 amide bonds. The lowest BCUT2D eigenvalue weighted by atomic mass is 10.00. The Morgan fingerprint density at radius 1 is 0.370 bits per heavy atom. The zero-order chi connectivity index (χ0) is 36.4. The topological polar surface area (TPSA) is 96.0 Å². The molecule has 8 heteroatoms. The average Bonchev–Trinajstić information content (AvgIpc) is 3.23. The van der Waals surface area contributed by atoms with Crippen LogP contribution in [0.3, 0.4) is 0 Å². The van der Waals surface area contributed by atoms with Crippen LogP contribution >= 0.6 is 0 Å². The van der Waals surface area contributed by atoms with E-state index in [1.165, 1.54) is 0 Å². The van der Waals surface area contributed by atoms with Crippen molar-refractivity contribution < 1.29 is 4.74 Å². The Balaban J connectivity index is 1.32. The van der Waals surface area contributed by atoms with Crippen molar-refractivity contribution in [3.05, 3.63) is 212 Å². The zero-order valence-electron chi connectivity index (χ0n) is 29.3. The van der Waals surface area contributed by atoms with Crippen molar-refractivity contribution in [2.45, 2.75) is 5.72 Å². The van der Waals surface area contributed by atoms with E-state index in [-0.39, 0.29) is 0 Å². The third kappa shape index (κ3) is 7.88. The fraction of sp³-hybridized carbons (Fsp3) is 0.0217. The Kier molecular flexibility index (Phi) is 9.88. The van der Waals surface area contributed by atoms with E-state index in [1.807, 2.05) is 188 Å². The van der Waals surface area contributed by atoms with Crippen LogP contribution in [-0.4, -0.2) is 15.0 Å². The number of nitrogens with zero attached hydrogens (tertiary/aromatic N) is 3. The average molecular weight is 704 g/mol. The van der Waals surface area contributed by atoms with Crippen LogP contribution < -0.4 is 26.0 Å². The highest BCUT2D eigenvalue weighted by molar-refractivity contribution is 5.78. The quantitative estimate of drug-likeness (QED) is 0.0882. The molecular weight excluding hydrogens is 667 g/mol. The molecule has 5 aromatic carbocycles. The molecule has 0 aliphatic rings. The maximum absolute atomic E-state index is 7.18. The molecule has 8 aromatic rings. The Morgan fingerprint density at radius 3 is 1.44 bits per heavy atom. The van der Waals surface area contributed by atoms with E-state index in [0.29, 0.717) is 28.9 Å². The van der Waals surface area contributed by atoms with Crippen LogP contribution in [0.4, 0.5) is 40.1 Å². The van der Waals surface area contributed by atoms with Gasteiger partial charge in [-0.25, -0.2) is 9.97 Å². The molecule has 3 heterocycles. The number of hydrogen-bond donors (Lipinski definition) is 4. The van der Waals surface area contributed by atoms with Crippen LogP contribution in [0.1, 0.15) is 11.4 Å². The summed E-state index contributed by atoms with van der Waals surface area (Å²) in [6, 6.07) is 65.5. The Labute approximate surface area is 314 Å². The maximum atomic E-state index is 7.18. The summed E-state index contributed by atoms with van der Waals surface area (Å²) in [7, 11) is 0. The first kappa shape index (κ1) is 33.7. The van der Waals surface area contributed by atoms with E-state index in [9.17, 15) is 0 Å². The summed E-state index contributed by atoms with van der Waals surface area (Å²) in [5.74, 6) is 1.62. The molecule has 0 saturated heterocycles. The first-order chi connectivity index (χ1) is 26.7. The Morgan fingerprint density at radius 2 is 0.852 bits per heavy atom. The van der Waals surface area contributed by atoms with Crippen molar-refractivity contribution in [3.63, 3.8) is 0 Å². The summed E-state index contributed by atoms with van der Waals surface area (Å²) in [6.07, 6.45) is 0. The monoisotopic (exact) mass is 703 g/mol. The van der Waals surface area contributed by atoms with Gasteiger partial charge in [0.1, 0.15) is 23.0 Å². The van der Waals surface area contributed by atoms with E-state index in [2.05, 4.69) is 33.4 Å². The molecule has 1 unspecified atom stereocenters. The molecule has 3 aromatic heterocycles. The molecule has 0 fully saturated rings. The standard InChI is InChI=1S/C46H37N7O/c1-6-18-34(19-7-1)45-39(47-35-20-8-2-9-21-35)32-33-41(51-45)46(53-38-26-14-5-15-27-38,40-28-16-29-42(50-40)48-36-22-10-3-11-23-36)54-44-31-17-30-43(52-44)49-37-24-12-4-13-25-37/h1-33,47,53H,(H,48,50)(H,49,52). The summed E-state index contributed by atoms with van der Waals surface area (Å²) in [4.78, 5) is 15.6.